The van der Waals surface area contributed by atoms with Gasteiger partial charge in [-0.25, -0.2) is 12.8 Å². The van der Waals surface area contributed by atoms with Crippen LogP contribution in [0.15, 0.2) is 71.6 Å². The smallest absolute Gasteiger partial charge is 0.264 e. The standard InChI is InChI=1S/C31H38FN3O6S/c1-6-7-18-33-31(37)23(3)34(20-24-10-12-25(32)13-11-24)30(36)21-35(26-14-8-22(2)9-15-26)42(38,39)27-16-17-28(40-4)29(19-27)41-5/h8-17,19,23H,6-7,18,20-21H2,1-5H3,(H,33,37)/t23-/m0/s1. The van der Waals surface area contributed by atoms with Gasteiger partial charge < -0.3 is 19.7 Å². The normalized spacial score (nSPS) is 11.9. The van der Waals surface area contributed by atoms with E-state index in [4.69, 9.17) is 9.47 Å². The number of carbonyl (C=O) groups excluding carboxylic acids is 2. The lowest BCUT2D eigenvalue weighted by molar-refractivity contribution is -0.139. The van der Waals surface area contributed by atoms with E-state index in [9.17, 15) is 22.4 Å². The minimum Gasteiger partial charge on any atom is -0.493 e. The van der Waals surface area contributed by atoms with Crippen LogP contribution in [0.3, 0.4) is 0 Å². The summed E-state index contributed by atoms with van der Waals surface area (Å²) in [4.78, 5) is 28.2. The summed E-state index contributed by atoms with van der Waals surface area (Å²) < 4.78 is 53.3. The summed E-state index contributed by atoms with van der Waals surface area (Å²) >= 11 is 0. The SMILES string of the molecule is CCCCNC(=O)[C@H](C)N(Cc1ccc(F)cc1)C(=O)CN(c1ccc(C)cc1)S(=O)(=O)c1ccc(OC)c(OC)c1. The maximum Gasteiger partial charge on any atom is 0.264 e. The van der Waals surface area contributed by atoms with Gasteiger partial charge in [-0.1, -0.05) is 43.2 Å². The maximum absolute atomic E-state index is 14.1. The van der Waals surface area contributed by atoms with Gasteiger partial charge in [-0.3, -0.25) is 13.9 Å². The number of nitrogens with one attached hydrogen (secondary N) is 1. The van der Waals surface area contributed by atoms with Crippen molar-refractivity contribution < 1.29 is 31.9 Å². The van der Waals surface area contributed by atoms with Crippen molar-refractivity contribution in [2.45, 2.75) is 51.1 Å². The van der Waals surface area contributed by atoms with Crippen LogP contribution >= 0.6 is 0 Å². The molecule has 0 aliphatic carbocycles. The number of unbranched alkanes of at least 4 members (excludes halogenated alkanes) is 1. The van der Waals surface area contributed by atoms with E-state index in [1.807, 2.05) is 13.8 Å². The Kier molecular flexibility index (Phi) is 11.3. The van der Waals surface area contributed by atoms with E-state index >= 15 is 0 Å². The largest absolute Gasteiger partial charge is 0.493 e. The molecule has 1 N–H and O–H groups in total. The second-order valence-corrected chi connectivity index (χ2v) is 11.7. The molecule has 0 unspecified atom stereocenters. The minimum atomic E-state index is -4.29. The summed E-state index contributed by atoms with van der Waals surface area (Å²) in [7, 11) is -1.45. The summed E-state index contributed by atoms with van der Waals surface area (Å²) in [5, 5.41) is 2.83. The van der Waals surface area contributed by atoms with E-state index in [0.717, 1.165) is 22.7 Å². The van der Waals surface area contributed by atoms with Crippen molar-refractivity contribution in [2.75, 3.05) is 31.6 Å². The molecule has 1 atom stereocenters. The van der Waals surface area contributed by atoms with Crippen LogP contribution in [0.1, 0.15) is 37.8 Å². The van der Waals surface area contributed by atoms with Crippen LogP contribution in [0.2, 0.25) is 0 Å². The fraction of sp³-hybridized carbons (Fsp3) is 0.355. The first-order chi connectivity index (χ1) is 20.0. The van der Waals surface area contributed by atoms with Gasteiger partial charge in [-0.2, -0.15) is 0 Å². The number of carbonyl (C=O) groups is 2. The van der Waals surface area contributed by atoms with E-state index in [0.29, 0.717) is 17.9 Å². The third-order valence-corrected chi connectivity index (χ3v) is 8.58. The topological polar surface area (TPSA) is 105 Å². The van der Waals surface area contributed by atoms with Gasteiger partial charge in [0.25, 0.3) is 10.0 Å². The fourth-order valence-electron chi connectivity index (χ4n) is 4.25. The molecular formula is C31H38FN3O6S. The third-order valence-electron chi connectivity index (χ3n) is 6.81. The zero-order valence-corrected chi connectivity index (χ0v) is 25.4. The van der Waals surface area contributed by atoms with Gasteiger partial charge in [0.2, 0.25) is 11.8 Å². The van der Waals surface area contributed by atoms with E-state index in [-0.39, 0.29) is 28.8 Å². The van der Waals surface area contributed by atoms with Crippen molar-refractivity contribution in [3.8, 4) is 11.5 Å². The molecule has 3 aromatic rings. The van der Waals surface area contributed by atoms with Crippen molar-refractivity contribution in [1.82, 2.24) is 10.2 Å². The summed E-state index contributed by atoms with van der Waals surface area (Å²) in [6, 6.07) is 15.6. The molecule has 0 heterocycles. The molecule has 42 heavy (non-hydrogen) atoms. The predicted octanol–water partition coefficient (Wildman–Crippen LogP) is 4.68. The van der Waals surface area contributed by atoms with Gasteiger partial charge in [0.1, 0.15) is 18.4 Å². The lowest BCUT2D eigenvalue weighted by atomic mass is 10.1. The average Bonchev–Trinajstić information content (AvgIpc) is 2.99. The molecule has 0 radical (unpaired) electrons. The first kappa shape index (κ1) is 32.4. The monoisotopic (exact) mass is 599 g/mol. The summed E-state index contributed by atoms with van der Waals surface area (Å²) in [6.07, 6.45) is 1.65. The molecule has 2 amide bonds. The van der Waals surface area contributed by atoms with Gasteiger partial charge in [0.15, 0.2) is 11.5 Å². The Morgan fingerprint density at radius 3 is 2.19 bits per heavy atom. The molecule has 11 heteroatoms. The molecule has 0 aromatic heterocycles. The molecule has 226 valence electrons. The van der Waals surface area contributed by atoms with Crippen molar-refractivity contribution in [3.05, 3.63) is 83.7 Å². The molecule has 0 aliphatic rings. The van der Waals surface area contributed by atoms with Crippen molar-refractivity contribution in [3.63, 3.8) is 0 Å². The van der Waals surface area contributed by atoms with Crippen LogP contribution in [0.4, 0.5) is 10.1 Å². The highest BCUT2D eigenvalue weighted by atomic mass is 32.2. The molecule has 0 saturated heterocycles. The number of methoxy groups -OCH3 is 2. The summed E-state index contributed by atoms with van der Waals surface area (Å²) in [5.74, 6) is -0.856. The number of rotatable bonds is 14. The van der Waals surface area contributed by atoms with E-state index < -0.39 is 34.3 Å². The number of benzene rings is 3. The minimum absolute atomic E-state index is 0.0282. The van der Waals surface area contributed by atoms with Gasteiger partial charge >= 0.3 is 0 Å². The molecule has 0 bridgehead atoms. The molecule has 9 nitrogen and oxygen atoms in total. The molecule has 0 saturated carbocycles. The van der Waals surface area contributed by atoms with Gasteiger partial charge in [-0.05, 0) is 62.2 Å². The second kappa shape index (κ2) is 14.7. The lowest BCUT2D eigenvalue weighted by Gasteiger charge is -2.32. The number of nitrogens with zero attached hydrogens (tertiary/aromatic N) is 2. The molecule has 0 fully saturated rings. The number of hydrogen-bond acceptors (Lipinski definition) is 6. The number of sulfonamides is 1. The Hall–Kier alpha value is -4.12. The summed E-state index contributed by atoms with van der Waals surface area (Å²) in [5.41, 5.74) is 1.76. The number of hydrogen-bond donors (Lipinski definition) is 1. The number of aryl methyl sites for hydroxylation is 1. The fourth-order valence-corrected chi connectivity index (χ4v) is 5.68. The van der Waals surface area contributed by atoms with Gasteiger partial charge in [0, 0.05) is 19.2 Å². The number of amides is 2. The first-order valence-corrected chi connectivity index (χ1v) is 15.1. The maximum atomic E-state index is 14.1. The Labute approximate surface area is 247 Å². The first-order valence-electron chi connectivity index (χ1n) is 13.6. The van der Waals surface area contributed by atoms with Crippen LogP contribution in [0.5, 0.6) is 11.5 Å². The molecule has 3 rings (SSSR count). The third kappa shape index (κ3) is 8.00. The Bertz CT molecular complexity index is 1460. The highest BCUT2D eigenvalue weighted by molar-refractivity contribution is 7.92. The zero-order valence-electron chi connectivity index (χ0n) is 24.6. The Balaban J connectivity index is 2.03. The van der Waals surface area contributed by atoms with Gasteiger partial charge in [0.05, 0.1) is 24.8 Å². The molecule has 3 aromatic carbocycles. The number of ether oxygens (including phenoxy) is 2. The number of anilines is 1. The van der Waals surface area contributed by atoms with E-state index in [1.165, 1.54) is 61.6 Å². The predicted molar refractivity (Wildman–Crippen MR) is 160 cm³/mol. The van der Waals surface area contributed by atoms with Crippen molar-refractivity contribution >= 4 is 27.5 Å². The number of halogens is 1. The average molecular weight is 600 g/mol. The molecule has 0 aliphatic heterocycles. The molecular weight excluding hydrogens is 561 g/mol. The van der Waals surface area contributed by atoms with Gasteiger partial charge in [-0.15, -0.1) is 0 Å². The Morgan fingerprint density at radius 2 is 1.60 bits per heavy atom. The van der Waals surface area contributed by atoms with E-state index in [2.05, 4.69) is 5.32 Å². The van der Waals surface area contributed by atoms with Crippen LogP contribution in [-0.2, 0) is 26.2 Å². The highest BCUT2D eigenvalue weighted by Crippen LogP contribution is 2.32. The molecule has 0 spiro atoms. The quantitative estimate of drug-likeness (QED) is 0.270. The highest BCUT2D eigenvalue weighted by Gasteiger charge is 2.33. The van der Waals surface area contributed by atoms with Crippen LogP contribution < -0.4 is 19.1 Å². The zero-order chi connectivity index (χ0) is 30.9. The van der Waals surface area contributed by atoms with Crippen LogP contribution in [0, 0.1) is 12.7 Å². The van der Waals surface area contributed by atoms with Crippen LogP contribution in [0.25, 0.3) is 0 Å². The Morgan fingerprint density at radius 1 is 0.952 bits per heavy atom. The van der Waals surface area contributed by atoms with E-state index in [1.54, 1.807) is 31.2 Å². The summed E-state index contributed by atoms with van der Waals surface area (Å²) in [6.45, 7) is 5.28. The van der Waals surface area contributed by atoms with Crippen LogP contribution in [-0.4, -0.2) is 58.5 Å². The van der Waals surface area contributed by atoms with Crippen molar-refractivity contribution in [1.29, 1.82) is 0 Å². The lowest BCUT2D eigenvalue weighted by Crippen LogP contribution is -2.51. The second-order valence-electron chi connectivity index (χ2n) is 9.83. The van der Waals surface area contributed by atoms with Crippen molar-refractivity contribution in [2.24, 2.45) is 0 Å².